The Labute approximate surface area is 156 Å². The van der Waals surface area contributed by atoms with Gasteiger partial charge >= 0.3 is 6.18 Å². The van der Waals surface area contributed by atoms with Crippen molar-refractivity contribution in [2.45, 2.75) is 13.1 Å². The highest BCUT2D eigenvalue weighted by atomic mass is 35.5. The van der Waals surface area contributed by atoms with Gasteiger partial charge in [0.1, 0.15) is 11.6 Å². The molecule has 2 heterocycles. The summed E-state index contributed by atoms with van der Waals surface area (Å²) in [4.78, 5) is 16.4. The van der Waals surface area contributed by atoms with Gasteiger partial charge in [0.05, 0.1) is 10.6 Å². The van der Waals surface area contributed by atoms with Crippen LogP contribution in [0.15, 0.2) is 47.1 Å². The van der Waals surface area contributed by atoms with Gasteiger partial charge in [0.25, 0.3) is 5.91 Å². The van der Waals surface area contributed by atoms with Crippen molar-refractivity contribution in [1.29, 1.82) is 0 Å². The summed E-state index contributed by atoms with van der Waals surface area (Å²) in [6.45, 7) is 1.72. The van der Waals surface area contributed by atoms with E-state index in [4.69, 9.17) is 16.1 Å². The number of alkyl halides is 3. The average Bonchev–Trinajstić information content (AvgIpc) is 3.00. The van der Waals surface area contributed by atoms with E-state index in [9.17, 15) is 18.0 Å². The zero-order chi connectivity index (χ0) is 19.6. The summed E-state index contributed by atoms with van der Waals surface area (Å²) in [5.41, 5.74) is -0.869. The third-order valence-electron chi connectivity index (χ3n) is 3.44. The third-order valence-corrected chi connectivity index (χ3v) is 3.77. The molecule has 0 atom stereocenters. The lowest BCUT2D eigenvalue weighted by Gasteiger charge is -2.12. The first kappa shape index (κ1) is 18.7. The summed E-state index contributed by atoms with van der Waals surface area (Å²) in [6, 6.07) is 7.63. The first-order valence-corrected chi connectivity index (χ1v) is 7.94. The number of rotatable bonds is 4. The SMILES string of the molecule is Cc1cc(Nc2cc(C(=O)Nc3ccc(Cl)c(C(F)(F)F)c3)ccn2)no1. The van der Waals surface area contributed by atoms with Gasteiger partial charge in [0.15, 0.2) is 5.82 Å². The number of hydrogen-bond donors (Lipinski definition) is 2. The highest BCUT2D eigenvalue weighted by molar-refractivity contribution is 6.31. The van der Waals surface area contributed by atoms with Crippen molar-refractivity contribution in [1.82, 2.24) is 10.1 Å². The van der Waals surface area contributed by atoms with Crippen LogP contribution in [-0.4, -0.2) is 16.0 Å². The molecule has 6 nitrogen and oxygen atoms in total. The van der Waals surface area contributed by atoms with Gasteiger partial charge in [0.2, 0.25) is 0 Å². The Balaban J connectivity index is 1.78. The number of aryl methyl sites for hydroxylation is 1. The number of nitrogens with one attached hydrogen (secondary N) is 2. The van der Waals surface area contributed by atoms with Crippen LogP contribution < -0.4 is 10.6 Å². The Morgan fingerprint density at radius 3 is 2.59 bits per heavy atom. The molecule has 140 valence electrons. The van der Waals surface area contributed by atoms with E-state index in [2.05, 4.69) is 20.8 Å². The van der Waals surface area contributed by atoms with E-state index < -0.39 is 22.7 Å². The van der Waals surface area contributed by atoms with E-state index in [1.165, 1.54) is 24.4 Å². The first-order valence-electron chi connectivity index (χ1n) is 7.57. The van der Waals surface area contributed by atoms with E-state index in [-0.39, 0.29) is 11.3 Å². The molecule has 3 aromatic rings. The maximum Gasteiger partial charge on any atom is 0.417 e. The molecule has 0 bridgehead atoms. The van der Waals surface area contributed by atoms with Crippen molar-refractivity contribution in [3.8, 4) is 0 Å². The van der Waals surface area contributed by atoms with Crippen LogP contribution in [0, 0.1) is 6.92 Å². The largest absolute Gasteiger partial charge is 0.417 e. The molecule has 0 saturated heterocycles. The van der Waals surface area contributed by atoms with Crippen LogP contribution in [-0.2, 0) is 6.18 Å². The van der Waals surface area contributed by atoms with E-state index in [1.807, 2.05) is 0 Å². The van der Waals surface area contributed by atoms with Gasteiger partial charge in [-0.2, -0.15) is 13.2 Å². The van der Waals surface area contributed by atoms with Gasteiger partial charge in [-0.3, -0.25) is 4.79 Å². The summed E-state index contributed by atoms with van der Waals surface area (Å²) in [5.74, 6) is 0.718. The van der Waals surface area contributed by atoms with Crippen LogP contribution in [0.3, 0.4) is 0 Å². The number of halogens is 4. The summed E-state index contributed by atoms with van der Waals surface area (Å²) < 4.78 is 43.7. The predicted molar refractivity (Wildman–Crippen MR) is 93.2 cm³/mol. The summed E-state index contributed by atoms with van der Waals surface area (Å²) in [6.07, 6.45) is -3.24. The minimum absolute atomic E-state index is 0.0322. The highest BCUT2D eigenvalue weighted by Gasteiger charge is 2.33. The monoisotopic (exact) mass is 396 g/mol. The summed E-state index contributed by atoms with van der Waals surface area (Å²) >= 11 is 5.57. The van der Waals surface area contributed by atoms with Gasteiger partial charge in [-0.25, -0.2) is 4.98 Å². The molecule has 0 aliphatic carbocycles. The molecular formula is C17H12ClF3N4O2. The van der Waals surface area contributed by atoms with Gasteiger partial charge in [0, 0.05) is 23.5 Å². The lowest BCUT2D eigenvalue weighted by Crippen LogP contribution is -2.14. The second-order valence-corrected chi connectivity index (χ2v) is 5.93. The van der Waals surface area contributed by atoms with Crippen molar-refractivity contribution >= 4 is 34.8 Å². The molecule has 0 saturated carbocycles. The fourth-order valence-electron chi connectivity index (χ4n) is 2.22. The molecule has 2 aromatic heterocycles. The van der Waals surface area contributed by atoms with E-state index in [0.717, 1.165) is 12.1 Å². The van der Waals surface area contributed by atoms with Crippen LogP contribution in [0.25, 0.3) is 0 Å². The summed E-state index contributed by atoms with van der Waals surface area (Å²) in [7, 11) is 0. The molecule has 0 unspecified atom stereocenters. The normalized spacial score (nSPS) is 11.3. The van der Waals surface area contributed by atoms with Crippen molar-refractivity contribution < 1.29 is 22.5 Å². The van der Waals surface area contributed by atoms with Crippen LogP contribution in [0.1, 0.15) is 21.7 Å². The Morgan fingerprint density at radius 2 is 1.93 bits per heavy atom. The average molecular weight is 397 g/mol. The number of aromatic nitrogens is 2. The zero-order valence-corrected chi connectivity index (χ0v) is 14.5. The lowest BCUT2D eigenvalue weighted by molar-refractivity contribution is -0.137. The number of hydrogen-bond acceptors (Lipinski definition) is 5. The minimum Gasteiger partial charge on any atom is -0.360 e. The quantitative estimate of drug-likeness (QED) is 0.645. The van der Waals surface area contributed by atoms with Gasteiger partial charge in [-0.15, -0.1) is 0 Å². The number of nitrogens with zero attached hydrogens (tertiary/aromatic N) is 2. The Bertz CT molecular complexity index is 988. The number of benzene rings is 1. The molecule has 0 fully saturated rings. The van der Waals surface area contributed by atoms with Crippen molar-refractivity contribution in [2.24, 2.45) is 0 Å². The third kappa shape index (κ3) is 4.56. The van der Waals surface area contributed by atoms with Crippen molar-refractivity contribution in [2.75, 3.05) is 10.6 Å². The Kier molecular flexibility index (Phi) is 5.04. The highest BCUT2D eigenvalue weighted by Crippen LogP contribution is 2.36. The van der Waals surface area contributed by atoms with E-state index in [0.29, 0.717) is 17.4 Å². The molecule has 1 amide bonds. The van der Waals surface area contributed by atoms with E-state index >= 15 is 0 Å². The smallest absolute Gasteiger partial charge is 0.360 e. The minimum atomic E-state index is -4.62. The molecule has 0 aliphatic rings. The first-order chi connectivity index (χ1) is 12.7. The Morgan fingerprint density at radius 1 is 1.15 bits per heavy atom. The number of amides is 1. The van der Waals surface area contributed by atoms with Crippen LogP contribution in [0.4, 0.5) is 30.5 Å². The molecule has 0 aliphatic heterocycles. The molecule has 0 radical (unpaired) electrons. The van der Waals surface area contributed by atoms with E-state index in [1.54, 1.807) is 13.0 Å². The number of carbonyl (C=O) groups is 1. The molecule has 2 N–H and O–H groups in total. The second kappa shape index (κ2) is 7.28. The van der Waals surface area contributed by atoms with Crippen LogP contribution >= 0.6 is 11.6 Å². The number of anilines is 3. The molecule has 1 aromatic carbocycles. The summed E-state index contributed by atoms with van der Waals surface area (Å²) in [5, 5.41) is 8.57. The fourth-order valence-corrected chi connectivity index (χ4v) is 2.44. The number of carbonyl (C=O) groups excluding carboxylic acids is 1. The zero-order valence-electron chi connectivity index (χ0n) is 13.8. The fraction of sp³-hybridized carbons (Fsp3) is 0.118. The van der Waals surface area contributed by atoms with Gasteiger partial charge in [-0.05, 0) is 37.3 Å². The number of pyridine rings is 1. The lowest BCUT2D eigenvalue weighted by atomic mass is 10.1. The molecule has 0 spiro atoms. The molecule has 10 heteroatoms. The van der Waals surface area contributed by atoms with Crippen molar-refractivity contribution in [3.63, 3.8) is 0 Å². The second-order valence-electron chi connectivity index (χ2n) is 5.52. The Hall–Kier alpha value is -3.07. The van der Waals surface area contributed by atoms with Gasteiger partial charge in [-0.1, -0.05) is 16.8 Å². The van der Waals surface area contributed by atoms with Crippen molar-refractivity contribution in [3.05, 3.63) is 64.5 Å². The molecule has 3 rings (SSSR count). The van der Waals surface area contributed by atoms with Crippen LogP contribution in [0.5, 0.6) is 0 Å². The topological polar surface area (TPSA) is 80.0 Å². The maximum absolute atomic E-state index is 12.9. The predicted octanol–water partition coefficient (Wildman–Crippen LogP) is 5.05. The molecular weight excluding hydrogens is 385 g/mol. The van der Waals surface area contributed by atoms with Gasteiger partial charge < -0.3 is 15.2 Å². The van der Waals surface area contributed by atoms with Crippen LogP contribution in [0.2, 0.25) is 5.02 Å². The molecule has 27 heavy (non-hydrogen) atoms. The standard InChI is InChI=1S/C17H12ClF3N4O2/c1-9-6-15(25-27-9)24-14-7-10(4-5-22-14)16(26)23-11-2-3-13(18)12(8-11)17(19,20)21/h2-8H,1H3,(H,23,26)(H,22,24,25). The maximum atomic E-state index is 12.9.